The highest BCUT2D eigenvalue weighted by Gasteiger charge is 2.14. The molecule has 0 saturated carbocycles. The molecule has 0 bridgehead atoms. The summed E-state index contributed by atoms with van der Waals surface area (Å²) in [4.78, 5) is 11.2. The Kier molecular flexibility index (Phi) is 12.0. The van der Waals surface area contributed by atoms with Gasteiger partial charge in [0.05, 0.1) is 25.7 Å². The predicted molar refractivity (Wildman–Crippen MR) is 102 cm³/mol. The SMILES string of the molecule is COCCOC(CCc1ccc(Cl)cc1)CC(=O)NO.Fc1cccc(F)c1. The van der Waals surface area contributed by atoms with Gasteiger partial charge < -0.3 is 9.47 Å². The lowest BCUT2D eigenvalue weighted by Crippen LogP contribution is -2.27. The summed E-state index contributed by atoms with van der Waals surface area (Å²) >= 11 is 5.83. The quantitative estimate of drug-likeness (QED) is 0.366. The standard InChI is InChI=1S/C14H20ClNO4.C6H4F2/c1-19-8-9-20-13(10-14(17)16-18)7-4-11-2-5-12(15)6-3-11;7-5-2-1-3-6(8)4-5/h2-3,5-6,13,18H,4,7-10H2,1H3,(H,16,17);1-4H. The molecular formula is C20H24ClF2NO4. The van der Waals surface area contributed by atoms with E-state index in [4.69, 9.17) is 26.3 Å². The van der Waals surface area contributed by atoms with E-state index in [1.165, 1.54) is 18.2 Å². The van der Waals surface area contributed by atoms with E-state index in [-0.39, 0.29) is 12.5 Å². The molecule has 0 heterocycles. The van der Waals surface area contributed by atoms with Crippen molar-refractivity contribution in [2.75, 3.05) is 20.3 Å². The number of halogens is 3. The van der Waals surface area contributed by atoms with Gasteiger partial charge in [0.25, 0.3) is 0 Å². The zero-order valence-corrected chi connectivity index (χ0v) is 16.3. The average molecular weight is 416 g/mol. The molecule has 0 aromatic heterocycles. The van der Waals surface area contributed by atoms with Gasteiger partial charge in [-0.05, 0) is 42.7 Å². The second-order valence-electron chi connectivity index (χ2n) is 5.83. The number of amides is 1. The molecule has 1 unspecified atom stereocenters. The average Bonchev–Trinajstić information content (AvgIpc) is 2.67. The Balaban J connectivity index is 0.000000406. The number of nitrogens with one attached hydrogen (secondary N) is 1. The van der Waals surface area contributed by atoms with E-state index in [0.29, 0.717) is 24.7 Å². The van der Waals surface area contributed by atoms with E-state index < -0.39 is 17.5 Å². The molecule has 154 valence electrons. The fourth-order valence-corrected chi connectivity index (χ4v) is 2.36. The summed E-state index contributed by atoms with van der Waals surface area (Å²) in [5, 5.41) is 9.27. The van der Waals surface area contributed by atoms with E-state index in [2.05, 4.69) is 0 Å². The minimum Gasteiger partial charge on any atom is -0.382 e. The number of hydrogen-bond acceptors (Lipinski definition) is 4. The second-order valence-corrected chi connectivity index (χ2v) is 6.27. The van der Waals surface area contributed by atoms with Crippen LogP contribution in [0.5, 0.6) is 0 Å². The molecule has 0 aliphatic rings. The Hall–Kier alpha value is -2.06. The van der Waals surface area contributed by atoms with Crippen molar-refractivity contribution < 1.29 is 28.3 Å². The van der Waals surface area contributed by atoms with Crippen LogP contribution in [0, 0.1) is 11.6 Å². The number of aryl methyl sites for hydroxylation is 1. The van der Waals surface area contributed by atoms with E-state index >= 15 is 0 Å². The van der Waals surface area contributed by atoms with Crippen molar-refractivity contribution in [2.24, 2.45) is 0 Å². The molecule has 5 nitrogen and oxygen atoms in total. The third-order valence-corrected chi connectivity index (χ3v) is 3.89. The van der Waals surface area contributed by atoms with Gasteiger partial charge in [-0.3, -0.25) is 10.0 Å². The summed E-state index contributed by atoms with van der Waals surface area (Å²) in [5.74, 6) is -1.53. The highest BCUT2D eigenvalue weighted by Crippen LogP contribution is 2.14. The fraction of sp³-hybridized carbons (Fsp3) is 0.350. The van der Waals surface area contributed by atoms with Gasteiger partial charge >= 0.3 is 0 Å². The lowest BCUT2D eigenvalue weighted by atomic mass is 10.0. The van der Waals surface area contributed by atoms with Crippen LogP contribution in [-0.4, -0.2) is 37.5 Å². The first-order valence-electron chi connectivity index (χ1n) is 8.63. The third-order valence-electron chi connectivity index (χ3n) is 3.63. The molecule has 2 N–H and O–H groups in total. The number of rotatable bonds is 9. The number of methoxy groups -OCH3 is 1. The second kappa shape index (κ2) is 14.0. The molecular weight excluding hydrogens is 392 g/mol. The van der Waals surface area contributed by atoms with Gasteiger partial charge in [-0.1, -0.05) is 29.8 Å². The number of ether oxygens (including phenoxy) is 2. The van der Waals surface area contributed by atoms with Crippen LogP contribution in [-0.2, 0) is 20.7 Å². The van der Waals surface area contributed by atoms with Gasteiger partial charge in [-0.15, -0.1) is 0 Å². The van der Waals surface area contributed by atoms with Crippen LogP contribution in [0.2, 0.25) is 5.02 Å². The summed E-state index contributed by atoms with van der Waals surface area (Å²) < 4.78 is 34.3. The van der Waals surface area contributed by atoms with Crippen LogP contribution in [0.15, 0.2) is 48.5 Å². The molecule has 28 heavy (non-hydrogen) atoms. The Morgan fingerprint density at radius 1 is 1.14 bits per heavy atom. The molecule has 1 amide bonds. The highest BCUT2D eigenvalue weighted by atomic mass is 35.5. The lowest BCUT2D eigenvalue weighted by Gasteiger charge is -2.17. The van der Waals surface area contributed by atoms with Crippen LogP contribution >= 0.6 is 11.6 Å². The third kappa shape index (κ3) is 10.9. The number of hydroxylamine groups is 1. The first-order chi connectivity index (χ1) is 13.4. The number of benzene rings is 2. The van der Waals surface area contributed by atoms with Crippen molar-refractivity contribution in [1.82, 2.24) is 5.48 Å². The van der Waals surface area contributed by atoms with Crippen molar-refractivity contribution in [2.45, 2.75) is 25.4 Å². The molecule has 0 spiro atoms. The largest absolute Gasteiger partial charge is 0.382 e. The monoisotopic (exact) mass is 415 g/mol. The maximum atomic E-state index is 11.9. The molecule has 0 saturated heterocycles. The Labute approximate surface area is 168 Å². The zero-order valence-electron chi connectivity index (χ0n) is 15.5. The first-order valence-corrected chi connectivity index (χ1v) is 9.01. The van der Waals surface area contributed by atoms with Gasteiger partial charge in [0.2, 0.25) is 5.91 Å². The van der Waals surface area contributed by atoms with Gasteiger partial charge in [0.1, 0.15) is 11.6 Å². The van der Waals surface area contributed by atoms with E-state index in [1.54, 1.807) is 12.6 Å². The fourth-order valence-electron chi connectivity index (χ4n) is 2.23. The molecule has 2 aromatic carbocycles. The van der Waals surface area contributed by atoms with Crippen LogP contribution in [0.4, 0.5) is 8.78 Å². The van der Waals surface area contributed by atoms with Crippen LogP contribution in [0.1, 0.15) is 18.4 Å². The molecule has 0 aliphatic heterocycles. The molecule has 2 rings (SSSR count). The number of carbonyl (C=O) groups is 1. The van der Waals surface area contributed by atoms with Crippen molar-refractivity contribution in [3.05, 3.63) is 70.8 Å². The van der Waals surface area contributed by atoms with Gasteiger partial charge in [0.15, 0.2) is 0 Å². The molecule has 2 aromatic rings. The minimum atomic E-state index is -0.537. The molecule has 8 heteroatoms. The van der Waals surface area contributed by atoms with Crippen molar-refractivity contribution in [3.63, 3.8) is 0 Å². The van der Waals surface area contributed by atoms with Gasteiger partial charge in [0, 0.05) is 18.2 Å². The maximum absolute atomic E-state index is 11.9. The van der Waals surface area contributed by atoms with Crippen LogP contribution in [0.25, 0.3) is 0 Å². The normalized spacial score (nSPS) is 11.3. The summed E-state index contributed by atoms with van der Waals surface area (Å²) in [5.41, 5.74) is 2.75. The van der Waals surface area contributed by atoms with E-state index in [9.17, 15) is 13.6 Å². The lowest BCUT2D eigenvalue weighted by molar-refractivity contribution is -0.132. The minimum absolute atomic E-state index is 0.119. The zero-order chi connectivity index (χ0) is 20.8. The molecule has 0 fully saturated rings. The molecule has 1 atom stereocenters. The van der Waals surface area contributed by atoms with Crippen molar-refractivity contribution in [3.8, 4) is 0 Å². The number of carbonyl (C=O) groups excluding carboxylic acids is 1. The number of hydrogen-bond donors (Lipinski definition) is 2. The van der Waals surface area contributed by atoms with E-state index in [1.807, 2.05) is 24.3 Å². The molecule has 0 radical (unpaired) electrons. The van der Waals surface area contributed by atoms with Gasteiger partial charge in [-0.25, -0.2) is 14.3 Å². The summed E-state index contributed by atoms with van der Waals surface area (Å²) in [6, 6.07) is 12.1. The predicted octanol–water partition coefficient (Wildman–Crippen LogP) is 4.16. The summed E-state index contributed by atoms with van der Waals surface area (Å²) in [6.07, 6.45) is 1.31. The highest BCUT2D eigenvalue weighted by molar-refractivity contribution is 6.30. The summed E-state index contributed by atoms with van der Waals surface area (Å²) in [7, 11) is 1.59. The summed E-state index contributed by atoms with van der Waals surface area (Å²) in [6.45, 7) is 0.888. The maximum Gasteiger partial charge on any atom is 0.245 e. The first kappa shape index (κ1) is 24.0. The Morgan fingerprint density at radius 2 is 1.79 bits per heavy atom. The van der Waals surface area contributed by atoms with Gasteiger partial charge in [-0.2, -0.15) is 0 Å². The molecule has 0 aliphatic carbocycles. The Bertz CT molecular complexity index is 684. The van der Waals surface area contributed by atoms with Crippen LogP contribution in [0.3, 0.4) is 0 Å². The van der Waals surface area contributed by atoms with E-state index in [0.717, 1.165) is 18.1 Å². The smallest absolute Gasteiger partial charge is 0.245 e. The Morgan fingerprint density at radius 3 is 2.29 bits per heavy atom. The topological polar surface area (TPSA) is 67.8 Å². The van der Waals surface area contributed by atoms with Crippen molar-refractivity contribution >= 4 is 17.5 Å². The van der Waals surface area contributed by atoms with Crippen molar-refractivity contribution in [1.29, 1.82) is 0 Å². The van der Waals surface area contributed by atoms with Crippen LogP contribution < -0.4 is 5.48 Å².